The van der Waals surface area contributed by atoms with Crippen LogP contribution in [0.15, 0.2) is 27.3 Å². The number of oxime groups is 2. The van der Waals surface area contributed by atoms with Gasteiger partial charge in [-0.15, -0.1) is 0 Å². The zero-order chi connectivity index (χ0) is 47.2. The van der Waals surface area contributed by atoms with Crippen molar-refractivity contribution >= 4 is 81.2 Å². The van der Waals surface area contributed by atoms with E-state index in [1.165, 1.54) is 27.9 Å². The lowest BCUT2D eigenvalue weighted by molar-refractivity contribution is -0.174. The molecule has 1 rings (SSSR count). The van der Waals surface area contributed by atoms with Gasteiger partial charge in [0.2, 0.25) is 0 Å². The van der Waals surface area contributed by atoms with Gasteiger partial charge in [-0.25, -0.2) is 8.78 Å². The molecule has 0 saturated heterocycles. The number of alkyl halides is 2. The Morgan fingerprint density at radius 2 is 1.02 bits per heavy atom. The molecule has 6 atom stereocenters. The number of aliphatic hydroxyl groups is 1. The molecular formula is C38H57Cl3F2N2O14S. The Hall–Kier alpha value is -3.36. The summed E-state index contributed by atoms with van der Waals surface area (Å²) in [6.07, 6.45) is -9.69. The number of ether oxygens (including phenoxy) is 4. The molecule has 1 aromatic rings. The van der Waals surface area contributed by atoms with Gasteiger partial charge in [-0.3, -0.25) is 23.4 Å². The van der Waals surface area contributed by atoms with E-state index >= 15 is 4.39 Å². The highest BCUT2D eigenvalue weighted by Crippen LogP contribution is 2.34. The zero-order valence-corrected chi connectivity index (χ0v) is 39.2. The van der Waals surface area contributed by atoms with Crippen LogP contribution in [0.5, 0.6) is 0 Å². The third-order valence-electron chi connectivity index (χ3n) is 7.18. The highest BCUT2D eigenvalue weighted by Gasteiger charge is 2.42. The summed E-state index contributed by atoms with van der Waals surface area (Å²) in [7, 11) is -2.41. The van der Waals surface area contributed by atoms with Crippen LogP contribution in [-0.2, 0) is 62.1 Å². The second kappa shape index (κ2) is 23.7. The second-order valence-corrected chi connectivity index (χ2v) is 19.8. The van der Waals surface area contributed by atoms with Crippen molar-refractivity contribution in [2.24, 2.45) is 32.0 Å². The SMILES string of the molecule is CON=C[C@@H](F)[C@H](OC(=O)C(C)(C)C)[C@@H](COC(=O)C(C)(C)C)OS(=O)(=O)c1cc(Cl)c(Cl)cc1Cl.CON=C[C@@H](F)[C@H](OC(=O)C(C)(C)C)[C@H](O)COC(=O)C(C)(C)C. The fourth-order valence-electron chi connectivity index (χ4n) is 3.64. The van der Waals surface area contributed by atoms with E-state index in [1.807, 2.05) is 0 Å². The quantitative estimate of drug-likeness (QED) is 0.0412. The lowest BCUT2D eigenvalue weighted by atomic mass is 9.97. The standard InChI is InChI=1S/C22H29Cl3FNO8S.C16H28FNO6/c1-21(2,3)19(28)33-11-16(18(15(26)10-27-32-7)34-20(29)22(4,5)6)35-36(30,31)17-9-13(24)12(23)8-14(17)25;1-15(2,3)13(20)23-9-11(19)12(10(17)8-18-22-7)24-14(21)16(4,5)6/h8-10,15-16,18H,11H2,1-7H3;8,10-12,19H,9H2,1-7H3/t15-,16-,18+;10-,11-,12+/m11/s1. The molecule has 0 unspecified atom stereocenters. The lowest BCUT2D eigenvalue weighted by Crippen LogP contribution is -2.47. The van der Waals surface area contributed by atoms with Crippen molar-refractivity contribution in [3.8, 4) is 0 Å². The molecule has 0 fully saturated rings. The van der Waals surface area contributed by atoms with Gasteiger partial charge in [0.1, 0.15) is 38.4 Å². The van der Waals surface area contributed by atoms with Crippen LogP contribution >= 0.6 is 34.8 Å². The molecule has 344 valence electrons. The van der Waals surface area contributed by atoms with Gasteiger partial charge < -0.3 is 33.7 Å². The molecule has 0 spiro atoms. The fraction of sp³-hybridized carbons (Fsp3) is 0.684. The number of nitrogens with zero attached hydrogens (tertiary/aromatic N) is 2. The van der Waals surface area contributed by atoms with E-state index in [0.717, 1.165) is 25.5 Å². The van der Waals surface area contributed by atoms with Crippen molar-refractivity contribution in [1.82, 2.24) is 0 Å². The summed E-state index contributed by atoms with van der Waals surface area (Å²) in [4.78, 5) is 56.9. The molecule has 0 aliphatic rings. The Labute approximate surface area is 365 Å². The predicted octanol–water partition coefficient (Wildman–Crippen LogP) is 7.10. The maximum absolute atomic E-state index is 15.2. The molecule has 1 aromatic carbocycles. The topological polar surface area (TPSA) is 212 Å². The number of aliphatic hydroxyl groups excluding tert-OH is 1. The maximum Gasteiger partial charge on any atom is 0.311 e. The average Bonchev–Trinajstić information content (AvgIpc) is 3.10. The summed E-state index contributed by atoms with van der Waals surface area (Å²) in [6.45, 7) is 17.6. The van der Waals surface area contributed by atoms with Crippen molar-refractivity contribution in [2.75, 3.05) is 27.4 Å². The van der Waals surface area contributed by atoms with Gasteiger partial charge in [0.05, 0.1) is 49.2 Å². The van der Waals surface area contributed by atoms with Crippen LogP contribution in [0.1, 0.15) is 83.1 Å². The Kier molecular flexibility index (Phi) is 22.4. The minimum atomic E-state index is -4.78. The van der Waals surface area contributed by atoms with Crippen LogP contribution in [0.4, 0.5) is 8.78 Å². The summed E-state index contributed by atoms with van der Waals surface area (Å²) < 4.78 is 81.3. The molecule has 16 nitrogen and oxygen atoms in total. The molecule has 0 amide bonds. The Balaban J connectivity index is 0.00000126. The predicted molar refractivity (Wildman–Crippen MR) is 220 cm³/mol. The molecule has 0 aliphatic heterocycles. The molecule has 60 heavy (non-hydrogen) atoms. The van der Waals surface area contributed by atoms with Gasteiger partial charge in [-0.05, 0) is 95.2 Å². The van der Waals surface area contributed by atoms with E-state index in [9.17, 15) is 37.1 Å². The minimum absolute atomic E-state index is 0.0205. The zero-order valence-electron chi connectivity index (χ0n) is 36.1. The first-order chi connectivity index (χ1) is 27.1. The van der Waals surface area contributed by atoms with Gasteiger partial charge in [-0.2, -0.15) is 8.42 Å². The number of hydrogen-bond acceptors (Lipinski definition) is 16. The molecule has 0 bridgehead atoms. The first-order valence-electron chi connectivity index (χ1n) is 18.1. The monoisotopic (exact) mass is 940 g/mol. The summed E-state index contributed by atoms with van der Waals surface area (Å²) in [5, 5.41) is 16.2. The Morgan fingerprint density at radius 1 is 0.650 bits per heavy atom. The maximum atomic E-state index is 15.2. The normalized spacial score (nSPS) is 15.7. The highest BCUT2D eigenvalue weighted by atomic mass is 35.5. The van der Waals surface area contributed by atoms with Gasteiger partial charge in [0.25, 0.3) is 10.1 Å². The molecule has 1 N–H and O–H groups in total. The highest BCUT2D eigenvalue weighted by molar-refractivity contribution is 7.87. The number of hydrogen-bond donors (Lipinski definition) is 1. The van der Waals surface area contributed by atoms with Gasteiger partial charge in [-0.1, -0.05) is 45.1 Å². The van der Waals surface area contributed by atoms with Crippen LogP contribution in [0.25, 0.3) is 0 Å². The van der Waals surface area contributed by atoms with Gasteiger partial charge in [0.15, 0.2) is 30.7 Å². The Bertz CT molecular complexity index is 1770. The molecule has 0 aliphatic carbocycles. The summed E-state index contributed by atoms with van der Waals surface area (Å²) >= 11 is 17.8. The molecule has 0 heterocycles. The van der Waals surface area contributed by atoms with Crippen molar-refractivity contribution in [3.05, 3.63) is 27.2 Å². The van der Waals surface area contributed by atoms with Crippen molar-refractivity contribution in [3.63, 3.8) is 0 Å². The van der Waals surface area contributed by atoms with Crippen LogP contribution < -0.4 is 0 Å². The van der Waals surface area contributed by atoms with Crippen molar-refractivity contribution in [2.45, 2.75) is 125 Å². The first kappa shape index (κ1) is 56.6. The van der Waals surface area contributed by atoms with Crippen LogP contribution in [0.2, 0.25) is 15.1 Å². The number of carbonyl (C=O) groups is 4. The van der Waals surface area contributed by atoms with E-state index < -0.39 is 111 Å². The van der Waals surface area contributed by atoms with Crippen molar-refractivity contribution in [1.29, 1.82) is 0 Å². The molecule has 0 aromatic heterocycles. The summed E-state index contributed by atoms with van der Waals surface area (Å²) in [5.74, 6) is -2.91. The second-order valence-electron chi connectivity index (χ2n) is 17.1. The number of esters is 4. The first-order valence-corrected chi connectivity index (χ1v) is 20.6. The number of halogens is 5. The molecular weight excluding hydrogens is 885 g/mol. The fourth-order valence-corrected chi connectivity index (χ4v) is 5.69. The lowest BCUT2D eigenvalue weighted by Gasteiger charge is -2.30. The number of benzene rings is 1. The molecule has 0 radical (unpaired) electrons. The Morgan fingerprint density at radius 3 is 1.42 bits per heavy atom. The number of rotatable bonds is 17. The third-order valence-corrected chi connectivity index (χ3v) is 9.71. The summed E-state index contributed by atoms with van der Waals surface area (Å²) in [6, 6.07) is 2.02. The van der Waals surface area contributed by atoms with Crippen LogP contribution in [-0.4, -0.2) is 114 Å². The van der Waals surface area contributed by atoms with Crippen LogP contribution in [0.3, 0.4) is 0 Å². The van der Waals surface area contributed by atoms with Crippen molar-refractivity contribution < 1.29 is 74.3 Å². The van der Waals surface area contributed by atoms with Crippen LogP contribution in [0, 0.1) is 21.7 Å². The minimum Gasteiger partial charge on any atom is -0.462 e. The smallest absolute Gasteiger partial charge is 0.311 e. The van der Waals surface area contributed by atoms with E-state index in [4.69, 9.17) is 57.9 Å². The van der Waals surface area contributed by atoms with E-state index in [0.29, 0.717) is 6.21 Å². The molecule has 0 saturated carbocycles. The van der Waals surface area contributed by atoms with Gasteiger partial charge in [0, 0.05) is 0 Å². The number of carbonyl (C=O) groups excluding carboxylic acids is 4. The molecule has 22 heteroatoms. The largest absolute Gasteiger partial charge is 0.462 e. The van der Waals surface area contributed by atoms with E-state index in [1.54, 1.807) is 62.3 Å². The average molecular weight is 942 g/mol. The summed E-state index contributed by atoms with van der Waals surface area (Å²) in [5.41, 5.74) is -3.75. The van der Waals surface area contributed by atoms with Gasteiger partial charge >= 0.3 is 23.9 Å². The third kappa shape index (κ3) is 19.6. The van der Waals surface area contributed by atoms with E-state index in [2.05, 4.69) is 20.0 Å². The van der Waals surface area contributed by atoms with E-state index in [-0.39, 0.29) is 15.1 Å².